The Hall–Kier alpha value is -1.93. The van der Waals surface area contributed by atoms with Crippen LogP contribution in [0.1, 0.15) is 10.5 Å². The first-order valence-corrected chi connectivity index (χ1v) is 7.63. The lowest BCUT2D eigenvalue weighted by Gasteiger charge is -2.07. The molecule has 0 atom stereocenters. The van der Waals surface area contributed by atoms with Crippen molar-refractivity contribution in [1.82, 2.24) is 15.6 Å². The highest BCUT2D eigenvalue weighted by Crippen LogP contribution is 2.32. The van der Waals surface area contributed by atoms with E-state index in [4.69, 9.17) is 0 Å². The van der Waals surface area contributed by atoms with Gasteiger partial charge in [0.2, 0.25) is 0 Å². The van der Waals surface area contributed by atoms with Crippen LogP contribution in [0.2, 0.25) is 0 Å². The van der Waals surface area contributed by atoms with Gasteiger partial charge in [-0.2, -0.15) is 0 Å². The molecule has 0 bridgehead atoms. The molecule has 6 nitrogen and oxygen atoms in total. The Balaban J connectivity index is 2.09. The van der Waals surface area contributed by atoms with Crippen LogP contribution in [0, 0.1) is 0 Å². The van der Waals surface area contributed by atoms with Gasteiger partial charge in [-0.05, 0) is 21.5 Å². The standard InChI is InChI=1S/C13H12BrN3O3S/c14-12-17-9(11(18)15-6-7-16-13(19)20)10(21-12)8-4-2-1-3-5-8/h1-5,16H,6-7H2,(H,15,18)(H,19,20)/p-1. The highest BCUT2D eigenvalue weighted by molar-refractivity contribution is 9.11. The monoisotopic (exact) mass is 368 g/mol. The molecular weight excluding hydrogens is 358 g/mol. The summed E-state index contributed by atoms with van der Waals surface area (Å²) in [6.07, 6.45) is -1.37. The van der Waals surface area contributed by atoms with Crippen LogP contribution >= 0.6 is 27.3 Å². The van der Waals surface area contributed by atoms with Crippen molar-refractivity contribution in [3.8, 4) is 10.4 Å². The first kappa shape index (κ1) is 15.5. The van der Waals surface area contributed by atoms with Crippen molar-refractivity contribution < 1.29 is 14.7 Å². The lowest BCUT2D eigenvalue weighted by molar-refractivity contribution is -0.250. The number of halogens is 1. The second kappa shape index (κ2) is 7.19. The van der Waals surface area contributed by atoms with Crippen molar-refractivity contribution in [1.29, 1.82) is 0 Å². The maximum Gasteiger partial charge on any atom is 0.271 e. The van der Waals surface area contributed by atoms with Crippen LogP contribution in [0.15, 0.2) is 34.2 Å². The summed E-state index contributed by atoms with van der Waals surface area (Å²) in [6, 6.07) is 9.45. The van der Waals surface area contributed by atoms with Gasteiger partial charge in [-0.25, -0.2) is 4.98 Å². The fourth-order valence-electron chi connectivity index (χ4n) is 1.66. The van der Waals surface area contributed by atoms with Gasteiger partial charge in [-0.1, -0.05) is 30.3 Å². The molecule has 110 valence electrons. The maximum absolute atomic E-state index is 12.1. The van der Waals surface area contributed by atoms with Gasteiger partial charge < -0.3 is 20.5 Å². The van der Waals surface area contributed by atoms with Gasteiger partial charge in [0.1, 0.15) is 11.8 Å². The molecule has 0 spiro atoms. The Bertz CT molecular complexity index is 645. The molecular formula is C13H11BrN3O3S-. The third-order valence-corrected chi connectivity index (χ3v) is 4.09. The minimum atomic E-state index is -1.37. The number of rotatable bonds is 5. The van der Waals surface area contributed by atoms with E-state index in [1.54, 1.807) is 0 Å². The molecule has 0 fully saturated rings. The molecule has 0 saturated heterocycles. The van der Waals surface area contributed by atoms with Crippen LogP contribution in [0.4, 0.5) is 4.79 Å². The highest BCUT2D eigenvalue weighted by atomic mass is 79.9. The Kier molecular flexibility index (Phi) is 5.29. The minimum absolute atomic E-state index is 0.0834. The molecule has 21 heavy (non-hydrogen) atoms. The highest BCUT2D eigenvalue weighted by Gasteiger charge is 2.18. The summed E-state index contributed by atoms with van der Waals surface area (Å²) < 4.78 is 0.611. The lowest BCUT2D eigenvalue weighted by atomic mass is 10.1. The molecule has 0 unspecified atom stereocenters. The van der Waals surface area contributed by atoms with Gasteiger partial charge in [0.15, 0.2) is 3.92 Å². The quantitative estimate of drug-likeness (QED) is 0.776. The van der Waals surface area contributed by atoms with E-state index in [-0.39, 0.29) is 19.0 Å². The fraction of sp³-hybridized carbons (Fsp3) is 0.154. The first-order chi connectivity index (χ1) is 10.1. The molecule has 8 heteroatoms. The smallest absolute Gasteiger partial charge is 0.271 e. The van der Waals surface area contributed by atoms with Crippen LogP contribution in [-0.2, 0) is 0 Å². The van der Waals surface area contributed by atoms with E-state index < -0.39 is 6.09 Å². The molecule has 2 aromatic rings. The topological polar surface area (TPSA) is 94.1 Å². The molecule has 2 amide bonds. The minimum Gasteiger partial charge on any atom is -0.530 e. The third-order valence-electron chi connectivity index (χ3n) is 2.53. The van der Waals surface area contributed by atoms with Gasteiger partial charge >= 0.3 is 0 Å². The zero-order valence-electron chi connectivity index (χ0n) is 10.8. The SMILES string of the molecule is O=C([O-])NCCNC(=O)c1nc(Br)sc1-c1ccccc1. The zero-order chi connectivity index (χ0) is 15.2. The fourth-order valence-corrected chi connectivity index (χ4v) is 3.11. The van der Waals surface area contributed by atoms with E-state index in [2.05, 4.69) is 31.5 Å². The second-order valence-electron chi connectivity index (χ2n) is 3.98. The number of amides is 2. The predicted molar refractivity (Wildman–Crippen MR) is 81.0 cm³/mol. The summed E-state index contributed by atoms with van der Waals surface area (Å²) in [5, 5.41) is 14.9. The Morgan fingerprint density at radius 1 is 1.19 bits per heavy atom. The van der Waals surface area contributed by atoms with E-state index in [0.717, 1.165) is 10.4 Å². The Morgan fingerprint density at radius 3 is 2.52 bits per heavy atom. The van der Waals surface area contributed by atoms with Gasteiger partial charge in [-0.3, -0.25) is 4.79 Å². The number of nitrogens with one attached hydrogen (secondary N) is 2. The zero-order valence-corrected chi connectivity index (χ0v) is 13.2. The van der Waals surface area contributed by atoms with E-state index >= 15 is 0 Å². The van der Waals surface area contributed by atoms with Crippen molar-refractivity contribution in [2.45, 2.75) is 0 Å². The van der Waals surface area contributed by atoms with E-state index in [9.17, 15) is 14.7 Å². The largest absolute Gasteiger partial charge is 0.530 e. The van der Waals surface area contributed by atoms with Crippen LogP contribution in [-0.4, -0.2) is 30.1 Å². The number of nitrogens with zero attached hydrogens (tertiary/aromatic N) is 1. The summed E-state index contributed by atoms with van der Waals surface area (Å²) in [5.74, 6) is -0.351. The van der Waals surface area contributed by atoms with Gasteiger partial charge in [0.25, 0.3) is 5.91 Å². The van der Waals surface area contributed by atoms with Gasteiger partial charge in [-0.15, -0.1) is 11.3 Å². The second-order valence-corrected chi connectivity index (χ2v) is 6.26. The summed E-state index contributed by atoms with van der Waals surface area (Å²) in [4.78, 5) is 27.3. The average Bonchev–Trinajstić information content (AvgIpc) is 2.86. The number of carboxylic acid groups (broad SMARTS) is 1. The molecule has 0 aliphatic carbocycles. The maximum atomic E-state index is 12.1. The summed E-state index contributed by atoms with van der Waals surface area (Å²) in [7, 11) is 0. The molecule has 1 aromatic carbocycles. The number of hydrogen-bond donors (Lipinski definition) is 2. The molecule has 1 aromatic heterocycles. The number of aromatic nitrogens is 1. The van der Waals surface area contributed by atoms with Crippen molar-refractivity contribution in [3.05, 3.63) is 39.9 Å². The van der Waals surface area contributed by atoms with Crippen molar-refractivity contribution >= 4 is 39.3 Å². The Labute approximate surface area is 133 Å². The number of thiazole rings is 1. The molecule has 0 saturated carbocycles. The number of hydrogen-bond acceptors (Lipinski definition) is 5. The molecule has 0 radical (unpaired) electrons. The van der Waals surface area contributed by atoms with Crippen molar-refractivity contribution in [2.75, 3.05) is 13.1 Å². The van der Waals surface area contributed by atoms with Crippen LogP contribution in [0.3, 0.4) is 0 Å². The van der Waals surface area contributed by atoms with E-state index in [1.165, 1.54) is 11.3 Å². The molecule has 1 heterocycles. The summed E-state index contributed by atoms with van der Waals surface area (Å²) in [5.41, 5.74) is 1.21. The van der Waals surface area contributed by atoms with Crippen LogP contribution < -0.4 is 15.7 Å². The number of carbonyl (C=O) groups is 2. The molecule has 0 aliphatic rings. The van der Waals surface area contributed by atoms with Crippen LogP contribution in [0.5, 0.6) is 0 Å². The van der Waals surface area contributed by atoms with E-state index in [0.29, 0.717) is 9.61 Å². The first-order valence-electron chi connectivity index (χ1n) is 6.02. The number of carbonyl (C=O) groups excluding carboxylic acids is 2. The van der Waals surface area contributed by atoms with Gasteiger partial charge in [0, 0.05) is 13.1 Å². The number of benzene rings is 1. The average molecular weight is 369 g/mol. The van der Waals surface area contributed by atoms with Crippen molar-refractivity contribution in [3.63, 3.8) is 0 Å². The summed E-state index contributed by atoms with van der Waals surface area (Å²) in [6.45, 7) is 0.246. The van der Waals surface area contributed by atoms with E-state index in [1.807, 2.05) is 30.3 Å². The molecule has 0 aliphatic heterocycles. The lowest BCUT2D eigenvalue weighted by Crippen LogP contribution is -2.41. The Morgan fingerprint density at radius 2 is 1.86 bits per heavy atom. The third kappa shape index (κ3) is 4.27. The summed E-state index contributed by atoms with van der Waals surface area (Å²) >= 11 is 4.64. The van der Waals surface area contributed by atoms with Gasteiger partial charge in [0.05, 0.1) is 4.88 Å². The normalized spacial score (nSPS) is 10.1. The van der Waals surface area contributed by atoms with Crippen molar-refractivity contribution in [2.24, 2.45) is 0 Å². The van der Waals surface area contributed by atoms with Crippen LogP contribution in [0.25, 0.3) is 10.4 Å². The molecule has 2 rings (SSSR count). The predicted octanol–water partition coefficient (Wildman–Crippen LogP) is 1.24. The molecule has 2 N–H and O–H groups in total.